The molecule has 1 heterocycles. The van der Waals surface area contributed by atoms with Gasteiger partial charge in [0.15, 0.2) is 23.6 Å². The molecular formula is C17H16F3N3O6S2. The first-order valence-electron chi connectivity index (χ1n) is 8.36. The number of ether oxygens (including phenoxy) is 1. The zero-order chi connectivity index (χ0) is 23.3. The fourth-order valence-electron chi connectivity index (χ4n) is 2.14. The third kappa shape index (κ3) is 6.68. The number of anilines is 2. The number of hydrogen-bond acceptors (Lipinski definition) is 7. The molecule has 9 nitrogen and oxygen atoms in total. The third-order valence-electron chi connectivity index (χ3n) is 3.53. The predicted molar refractivity (Wildman–Crippen MR) is 106 cm³/mol. The molecule has 2 rings (SSSR count). The molecule has 0 saturated heterocycles. The topological polar surface area (TPSA) is 131 Å². The van der Waals surface area contributed by atoms with Crippen LogP contribution >= 0.6 is 11.3 Å². The number of carbonyl (C=O) groups is 3. The smallest absolute Gasteiger partial charge is 0.351 e. The van der Waals surface area contributed by atoms with Gasteiger partial charge in [0.05, 0.1) is 24.2 Å². The van der Waals surface area contributed by atoms with Crippen molar-refractivity contribution in [3.8, 4) is 0 Å². The molecule has 0 radical (unpaired) electrons. The van der Waals surface area contributed by atoms with E-state index in [2.05, 4.69) is 10.0 Å². The number of hydrogen-bond donors (Lipinski definition) is 3. The minimum absolute atomic E-state index is 0.0157. The average molecular weight is 479 g/mol. The Kier molecular flexibility index (Phi) is 7.62. The van der Waals surface area contributed by atoms with Crippen LogP contribution in [-0.4, -0.2) is 45.1 Å². The van der Waals surface area contributed by atoms with Crippen molar-refractivity contribution in [2.24, 2.45) is 0 Å². The number of thiophene rings is 1. The Labute approximate surface area is 178 Å². The highest BCUT2D eigenvalue weighted by Gasteiger charge is 2.23. The molecule has 0 aliphatic carbocycles. The second kappa shape index (κ2) is 9.78. The van der Waals surface area contributed by atoms with E-state index >= 15 is 0 Å². The average Bonchev–Trinajstić information content (AvgIpc) is 3.12. The van der Waals surface area contributed by atoms with E-state index in [-0.39, 0.29) is 10.6 Å². The molecule has 1 aromatic carbocycles. The summed E-state index contributed by atoms with van der Waals surface area (Å²) in [6, 6.07) is 2.77. The highest BCUT2D eigenvalue weighted by atomic mass is 32.2. The van der Waals surface area contributed by atoms with Gasteiger partial charge in [-0.1, -0.05) is 0 Å². The SMILES string of the molecule is C[C@@H](OC(=O)c1sccc1NS(C)(=O)=O)C(=O)NCC(=O)Nc1ccc(F)c(F)c1F. The standard InChI is InChI=1S/C17H16F3N3O6S2/c1-8(29-17(26)15-11(5-6-30-15)23-31(2,27)28)16(25)21-7-12(24)22-10-4-3-9(18)13(19)14(10)20/h3-6,8,23H,7H2,1-2H3,(H,21,25)(H,22,24)/t8-/m1/s1. The van der Waals surface area contributed by atoms with Crippen LogP contribution in [0.2, 0.25) is 0 Å². The van der Waals surface area contributed by atoms with Gasteiger partial charge in [-0.15, -0.1) is 11.3 Å². The summed E-state index contributed by atoms with van der Waals surface area (Å²) < 4.78 is 69.3. The molecule has 0 fully saturated rings. The molecule has 1 atom stereocenters. The highest BCUT2D eigenvalue weighted by Crippen LogP contribution is 2.24. The first-order valence-corrected chi connectivity index (χ1v) is 11.1. The van der Waals surface area contributed by atoms with Gasteiger partial charge in [-0.3, -0.25) is 14.3 Å². The van der Waals surface area contributed by atoms with E-state index < -0.39 is 63.6 Å². The van der Waals surface area contributed by atoms with E-state index in [1.54, 1.807) is 0 Å². The quantitative estimate of drug-likeness (QED) is 0.391. The molecule has 0 aliphatic rings. The van der Waals surface area contributed by atoms with E-state index in [4.69, 9.17) is 4.74 Å². The molecule has 0 spiro atoms. The number of rotatable bonds is 8. The Bertz CT molecular complexity index is 1120. The van der Waals surface area contributed by atoms with Crippen LogP contribution in [-0.2, 0) is 24.3 Å². The van der Waals surface area contributed by atoms with Crippen molar-refractivity contribution in [2.45, 2.75) is 13.0 Å². The van der Waals surface area contributed by atoms with Crippen LogP contribution in [0.3, 0.4) is 0 Å². The molecule has 0 bridgehead atoms. The van der Waals surface area contributed by atoms with Crippen molar-refractivity contribution in [2.75, 3.05) is 22.8 Å². The molecule has 3 N–H and O–H groups in total. The number of sulfonamides is 1. The second-order valence-electron chi connectivity index (χ2n) is 6.07. The van der Waals surface area contributed by atoms with Gasteiger partial charge in [-0.25, -0.2) is 26.4 Å². The van der Waals surface area contributed by atoms with Gasteiger partial charge in [0, 0.05) is 0 Å². The van der Waals surface area contributed by atoms with Crippen LogP contribution in [0.15, 0.2) is 23.6 Å². The summed E-state index contributed by atoms with van der Waals surface area (Å²) in [5.41, 5.74) is -0.640. The minimum atomic E-state index is -3.65. The van der Waals surface area contributed by atoms with E-state index in [9.17, 15) is 36.0 Å². The van der Waals surface area contributed by atoms with Crippen LogP contribution in [0.5, 0.6) is 0 Å². The van der Waals surface area contributed by atoms with E-state index in [1.807, 2.05) is 5.32 Å². The Morgan fingerprint density at radius 3 is 2.42 bits per heavy atom. The van der Waals surface area contributed by atoms with Gasteiger partial charge >= 0.3 is 5.97 Å². The summed E-state index contributed by atoms with van der Waals surface area (Å²) in [6.07, 6.45) is -0.471. The summed E-state index contributed by atoms with van der Waals surface area (Å²) >= 11 is 0.885. The van der Waals surface area contributed by atoms with Crippen LogP contribution in [0, 0.1) is 17.5 Å². The summed E-state index contributed by atoms with van der Waals surface area (Å²) in [7, 11) is -3.65. The molecule has 1 aromatic heterocycles. The maximum atomic E-state index is 13.5. The van der Waals surface area contributed by atoms with Crippen molar-refractivity contribution in [3.05, 3.63) is 45.9 Å². The summed E-state index contributed by atoms with van der Waals surface area (Å²) in [5.74, 6) is -7.60. The van der Waals surface area contributed by atoms with E-state index in [0.29, 0.717) is 6.07 Å². The summed E-state index contributed by atoms with van der Waals surface area (Å²) in [6.45, 7) is 0.524. The van der Waals surface area contributed by atoms with Gasteiger partial charge in [0.25, 0.3) is 5.91 Å². The molecule has 0 saturated carbocycles. The second-order valence-corrected chi connectivity index (χ2v) is 8.74. The Balaban J connectivity index is 1.90. The normalized spacial score (nSPS) is 12.0. The van der Waals surface area contributed by atoms with E-state index in [0.717, 1.165) is 23.7 Å². The minimum Gasteiger partial charge on any atom is -0.448 e. The van der Waals surface area contributed by atoms with Gasteiger partial charge in [-0.2, -0.15) is 0 Å². The first kappa shape index (κ1) is 24.1. The number of benzene rings is 1. The van der Waals surface area contributed by atoms with Gasteiger partial charge < -0.3 is 15.4 Å². The van der Waals surface area contributed by atoms with Crippen molar-refractivity contribution >= 4 is 50.5 Å². The van der Waals surface area contributed by atoms with Crippen molar-refractivity contribution in [3.63, 3.8) is 0 Å². The molecule has 2 aromatic rings. The summed E-state index contributed by atoms with van der Waals surface area (Å²) in [4.78, 5) is 35.9. The first-order chi connectivity index (χ1) is 14.4. The molecule has 0 unspecified atom stereocenters. The third-order valence-corrected chi connectivity index (χ3v) is 5.02. The molecular weight excluding hydrogens is 463 g/mol. The fraction of sp³-hybridized carbons (Fsp3) is 0.235. The van der Waals surface area contributed by atoms with E-state index in [1.165, 1.54) is 18.4 Å². The Hall–Kier alpha value is -3.13. The predicted octanol–water partition coefficient (Wildman–Crippen LogP) is 1.84. The number of nitrogens with one attached hydrogen (secondary N) is 3. The van der Waals surface area contributed by atoms with Gasteiger partial charge in [0.2, 0.25) is 15.9 Å². The molecule has 2 amide bonds. The van der Waals surface area contributed by atoms with Crippen molar-refractivity contribution < 1.29 is 40.7 Å². The molecule has 31 heavy (non-hydrogen) atoms. The Morgan fingerprint density at radius 1 is 1.10 bits per heavy atom. The van der Waals surface area contributed by atoms with Crippen molar-refractivity contribution in [1.82, 2.24) is 5.32 Å². The van der Waals surface area contributed by atoms with Crippen LogP contribution in [0.4, 0.5) is 24.5 Å². The lowest BCUT2D eigenvalue weighted by Gasteiger charge is -2.14. The number of esters is 1. The summed E-state index contributed by atoms with van der Waals surface area (Å²) in [5, 5.41) is 5.52. The highest BCUT2D eigenvalue weighted by molar-refractivity contribution is 7.92. The fourth-order valence-corrected chi connectivity index (χ4v) is 3.51. The van der Waals surface area contributed by atoms with Crippen molar-refractivity contribution in [1.29, 1.82) is 0 Å². The van der Waals surface area contributed by atoms with Crippen LogP contribution in [0.25, 0.3) is 0 Å². The lowest BCUT2D eigenvalue weighted by Crippen LogP contribution is -2.40. The monoisotopic (exact) mass is 479 g/mol. The number of halogens is 3. The van der Waals surface area contributed by atoms with Crippen LogP contribution in [0.1, 0.15) is 16.6 Å². The zero-order valence-corrected chi connectivity index (χ0v) is 17.6. The number of amides is 2. The lowest BCUT2D eigenvalue weighted by atomic mass is 10.2. The largest absolute Gasteiger partial charge is 0.448 e. The zero-order valence-electron chi connectivity index (χ0n) is 16.0. The molecule has 168 valence electrons. The van der Waals surface area contributed by atoms with Crippen LogP contribution < -0.4 is 15.4 Å². The maximum absolute atomic E-state index is 13.5. The Morgan fingerprint density at radius 2 is 1.77 bits per heavy atom. The molecule has 0 aliphatic heterocycles. The van der Waals surface area contributed by atoms with Gasteiger partial charge in [0.1, 0.15) is 4.88 Å². The lowest BCUT2D eigenvalue weighted by molar-refractivity contribution is -0.130. The van der Waals surface area contributed by atoms with Gasteiger partial charge in [-0.05, 0) is 30.5 Å². The molecule has 14 heteroatoms. The number of carbonyl (C=O) groups excluding carboxylic acids is 3. The maximum Gasteiger partial charge on any atom is 0.351 e.